The lowest BCUT2D eigenvalue weighted by molar-refractivity contribution is -0.383. The summed E-state index contributed by atoms with van der Waals surface area (Å²) in [7, 11) is 0. The second-order valence-corrected chi connectivity index (χ2v) is 10.2. The molecule has 0 bridgehead atoms. The first-order valence-corrected chi connectivity index (χ1v) is 13.5. The Labute approximate surface area is 255 Å². The summed E-state index contributed by atoms with van der Waals surface area (Å²) in [6.07, 6.45) is 5.42. The van der Waals surface area contributed by atoms with E-state index in [-0.39, 0.29) is 12.1 Å². The number of hydrogen-bond acceptors (Lipinski definition) is 9. The molecule has 45 heavy (non-hydrogen) atoms. The lowest BCUT2D eigenvalue weighted by atomic mass is 10.0. The molecule has 0 saturated heterocycles. The lowest BCUT2D eigenvalue weighted by Crippen LogP contribution is -2.32. The van der Waals surface area contributed by atoms with E-state index in [9.17, 15) is 19.7 Å². The van der Waals surface area contributed by atoms with Crippen molar-refractivity contribution in [3.8, 4) is 0 Å². The zero-order valence-electron chi connectivity index (χ0n) is 23.9. The van der Waals surface area contributed by atoms with Crippen molar-refractivity contribution in [3.63, 3.8) is 0 Å². The highest BCUT2D eigenvalue weighted by molar-refractivity contribution is 5.99. The molecule has 0 aliphatic heterocycles. The first-order chi connectivity index (χ1) is 21.4. The predicted octanol–water partition coefficient (Wildman–Crippen LogP) is 3.07. The van der Waals surface area contributed by atoms with Gasteiger partial charge in [-0.1, -0.05) is 24.3 Å². The summed E-state index contributed by atoms with van der Waals surface area (Å²) >= 11 is 0. The van der Waals surface area contributed by atoms with Crippen LogP contribution in [0.5, 0.6) is 0 Å². The molecule has 6 rings (SSSR count). The monoisotopic (exact) mass is 615 g/mol. The van der Waals surface area contributed by atoms with Gasteiger partial charge in [-0.3, -0.25) is 19.7 Å². The van der Waals surface area contributed by atoms with Gasteiger partial charge in [-0.15, -0.1) is 0 Å². The van der Waals surface area contributed by atoms with E-state index in [1.165, 1.54) is 23.7 Å². The first kappa shape index (κ1) is 31.9. The molecular weight excluding hydrogens is 582 g/mol. The number of nitrogens with zero attached hydrogens (tertiary/aromatic N) is 1. The number of carboxylic acid groups (broad SMARTS) is 2. The smallest absolute Gasteiger partial charge is 0.320 e. The Morgan fingerprint density at radius 2 is 1.29 bits per heavy atom. The van der Waals surface area contributed by atoms with Crippen LogP contribution in [-0.2, 0) is 22.4 Å². The number of aromatic nitrogens is 3. The number of nitro benzene ring substituents is 1. The highest BCUT2D eigenvalue weighted by Gasteiger charge is 2.22. The molecule has 0 aliphatic rings. The maximum Gasteiger partial charge on any atom is 0.320 e. The van der Waals surface area contributed by atoms with E-state index < -0.39 is 28.9 Å². The molecule has 0 amide bonds. The van der Waals surface area contributed by atoms with Crippen LogP contribution >= 0.6 is 0 Å². The summed E-state index contributed by atoms with van der Waals surface area (Å²) in [6.45, 7) is 0. The summed E-state index contributed by atoms with van der Waals surface area (Å²) in [5, 5.41) is 30.9. The summed E-state index contributed by atoms with van der Waals surface area (Å²) in [5.74, 6) is -2.17. The van der Waals surface area contributed by atoms with Crippen LogP contribution in [0.25, 0.3) is 32.7 Å². The Balaban J connectivity index is 0.000000160. The predicted molar refractivity (Wildman–Crippen MR) is 173 cm³/mol. The fourth-order valence-corrected chi connectivity index (χ4v) is 4.80. The van der Waals surface area contributed by atoms with Gasteiger partial charge in [0.15, 0.2) is 0 Å². The van der Waals surface area contributed by atoms with Gasteiger partial charge in [0.2, 0.25) is 0 Å². The van der Waals surface area contributed by atoms with Crippen LogP contribution in [0.3, 0.4) is 0 Å². The van der Waals surface area contributed by atoms with Crippen molar-refractivity contribution >= 4 is 67.4 Å². The molecule has 3 aromatic carbocycles. The summed E-state index contributed by atoms with van der Waals surface area (Å²) in [4.78, 5) is 40.8. The molecule has 0 fully saturated rings. The number of hydrogen-bond donors (Lipinski definition) is 10. The topological polar surface area (TPSA) is 295 Å². The van der Waals surface area contributed by atoms with Gasteiger partial charge >= 0.3 is 11.9 Å². The number of carboxylic acids is 2. The van der Waals surface area contributed by atoms with Crippen molar-refractivity contribution in [2.45, 2.75) is 24.9 Å². The van der Waals surface area contributed by atoms with Gasteiger partial charge in [-0.05, 0) is 35.4 Å². The van der Waals surface area contributed by atoms with Crippen molar-refractivity contribution in [3.05, 3.63) is 94.4 Å². The van der Waals surface area contributed by atoms with Gasteiger partial charge in [0.05, 0.1) is 43.9 Å². The van der Waals surface area contributed by atoms with E-state index in [0.717, 1.165) is 27.7 Å². The average Bonchev–Trinajstić information content (AvgIpc) is 3.74. The van der Waals surface area contributed by atoms with Crippen molar-refractivity contribution in [2.24, 2.45) is 11.5 Å². The number of aromatic amines is 3. The van der Waals surface area contributed by atoms with Crippen LogP contribution in [-0.4, -0.2) is 54.1 Å². The van der Waals surface area contributed by atoms with Crippen molar-refractivity contribution in [1.29, 1.82) is 0 Å². The number of carbonyl (C=O) groups is 2. The quantitative estimate of drug-likeness (QED) is 0.0706. The highest BCUT2D eigenvalue weighted by atomic mass is 16.6. The molecule has 3 aromatic heterocycles. The van der Waals surface area contributed by atoms with E-state index in [2.05, 4.69) is 15.0 Å². The highest BCUT2D eigenvalue weighted by Crippen LogP contribution is 2.33. The second-order valence-electron chi connectivity index (χ2n) is 10.2. The molecule has 234 valence electrons. The second kappa shape index (κ2) is 13.5. The van der Waals surface area contributed by atoms with Crippen LogP contribution in [0, 0.1) is 10.1 Å². The van der Waals surface area contributed by atoms with E-state index in [1.807, 2.05) is 42.6 Å². The van der Waals surface area contributed by atoms with E-state index in [0.29, 0.717) is 34.3 Å². The van der Waals surface area contributed by atoms with Crippen molar-refractivity contribution in [1.82, 2.24) is 15.0 Å². The number of nitro groups is 1. The Morgan fingerprint density at radius 1 is 0.733 bits per heavy atom. The van der Waals surface area contributed by atoms with Crippen LogP contribution < -0.4 is 28.7 Å². The summed E-state index contributed by atoms with van der Waals surface area (Å²) in [5.41, 5.74) is 33.4. The first-order valence-electron chi connectivity index (χ1n) is 13.5. The number of nitrogens with one attached hydrogen (secondary N) is 3. The molecule has 15 heteroatoms. The number of aliphatic carboxylic acids is 2. The molecule has 0 aliphatic carbocycles. The molecule has 6 aromatic rings. The SMILES string of the molecule is Nc1ccc([N+](=O)[O-])c2c(C[C@H](N)C(=O)O)c[nH]c12.Nc1cccc2c(C[C@H](N)C(=O)O)c[nH]c12.Nc1cccc2cc[nH]c12. The van der Waals surface area contributed by atoms with Crippen LogP contribution in [0.4, 0.5) is 22.7 Å². The third-order valence-corrected chi connectivity index (χ3v) is 7.09. The van der Waals surface area contributed by atoms with Gasteiger partial charge in [0, 0.05) is 48.3 Å². The molecule has 0 spiro atoms. The minimum atomic E-state index is -1.17. The zero-order chi connectivity index (χ0) is 32.8. The Kier molecular flexibility index (Phi) is 9.56. The lowest BCUT2D eigenvalue weighted by Gasteiger charge is -2.05. The number of benzene rings is 3. The van der Waals surface area contributed by atoms with E-state index >= 15 is 0 Å². The van der Waals surface area contributed by atoms with Crippen LogP contribution in [0.1, 0.15) is 11.1 Å². The molecule has 0 radical (unpaired) electrons. The Hall–Kier alpha value is -6.06. The molecule has 15 nitrogen and oxygen atoms in total. The molecular formula is C30H33N9O6. The van der Waals surface area contributed by atoms with Crippen LogP contribution in [0.15, 0.2) is 73.2 Å². The normalized spacial score (nSPS) is 12.1. The van der Waals surface area contributed by atoms with Gasteiger partial charge < -0.3 is 53.8 Å². The van der Waals surface area contributed by atoms with E-state index in [1.54, 1.807) is 12.3 Å². The zero-order valence-corrected chi connectivity index (χ0v) is 23.9. The third kappa shape index (κ3) is 7.12. The molecule has 3 heterocycles. The largest absolute Gasteiger partial charge is 0.480 e. The fourth-order valence-electron chi connectivity index (χ4n) is 4.80. The fraction of sp³-hybridized carbons (Fsp3) is 0.133. The minimum absolute atomic E-state index is 0.0143. The van der Waals surface area contributed by atoms with Gasteiger partial charge in [-0.25, -0.2) is 0 Å². The summed E-state index contributed by atoms with van der Waals surface area (Å²) in [6, 6.07) is 14.1. The van der Waals surface area contributed by atoms with Crippen molar-refractivity contribution < 1.29 is 24.7 Å². The standard InChI is InChI=1S/C11H12N4O4.C11H13N3O2.C8H8N2/c12-6-1-2-8(15(18)19)9-5(4-14-10(6)9)3-7(13)11(16)17;12-8-3-1-2-7-6(5-14-10(7)8)4-9(13)11(15)16;9-7-3-1-2-6-4-5-10-8(6)7/h1-2,4,7,14H,3,12-13H2,(H,16,17);1-3,5,9,14H,4,12-13H2,(H,15,16);1-5,10H,9H2/t7-;9-;/m00./s1. The van der Waals surface area contributed by atoms with Gasteiger partial charge in [-0.2, -0.15) is 0 Å². The summed E-state index contributed by atoms with van der Waals surface area (Å²) < 4.78 is 0. The Morgan fingerprint density at radius 3 is 1.91 bits per heavy atom. The average molecular weight is 616 g/mol. The van der Waals surface area contributed by atoms with Gasteiger partial charge in [0.1, 0.15) is 12.1 Å². The maximum atomic E-state index is 11.0. The number of rotatable bonds is 7. The molecule has 0 unspecified atom stereocenters. The molecule has 15 N–H and O–H groups in total. The minimum Gasteiger partial charge on any atom is -0.480 e. The molecule has 2 atom stereocenters. The molecule has 0 saturated carbocycles. The maximum absolute atomic E-state index is 11.0. The number of anilines is 3. The van der Waals surface area contributed by atoms with Crippen molar-refractivity contribution in [2.75, 3.05) is 17.2 Å². The number of H-pyrrole nitrogens is 3. The van der Waals surface area contributed by atoms with Gasteiger partial charge in [0.25, 0.3) is 5.69 Å². The Bertz CT molecular complexity index is 1990. The number of non-ortho nitro benzene ring substituents is 1. The van der Waals surface area contributed by atoms with Crippen LogP contribution in [0.2, 0.25) is 0 Å². The number of nitrogen functional groups attached to an aromatic ring is 3. The number of nitrogens with two attached hydrogens (primary N) is 5. The third-order valence-electron chi connectivity index (χ3n) is 7.09. The number of para-hydroxylation sites is 2. The number of fused-ring (bicyclic) bond motifs is 3. The van der Waals surface area contributed by atoms with E-state index in [4.69, 9.17) is 38.9 Å².